The molecule has 4 heteroatoms. The number of aliphatic hydroxyl groups is 1. The summed E-state index contributed by atoms with van der Waals surface area (Å²) in [5, 5.41) is 19.5. The Hall–Kier alpha value is -1.29. The van der Waals surface area contributed by atoms with E-state index < -0.39 is 11.6 Å². The maximum absolute atomic E-state index is 10.8. The maximum Gasteiger partial charge on any atom is 0.371 e. The van der Waals surface area contributed by atoms with E-state index in [0.717, 1.165) is 6.42 Å². The highest BCUT2D eigenvalue weighted by Crippen LogP contribution is 2.52. The average molecular weight is 238 g/mol. The Bertz CT molecular complexity index is 446. The molecule has 1 heterocycles. The van der Waals surface area contributed by atoms with Gasteiger partial charge in [0.05, 0.1) is 0 Å². The molecule has 1 aliphatic carbocycles. The first-order chi connectivity index (χ1) is 7.74. The second-order valence-electron chi connectivity index (χ2n) is 5.84. The fraction of sp³-hybridized carbons (Fsp3) is 0.615. The van der Waals surface area contributed by atoms with E-state index in [1.54, 1.807) is 6.07 Å². The van der Waals surface area contributed by atoms with Gasteiger partial charge in [0.2, 0.25) is 5.76 Å². The van der Waals surface area contributed by atoms with Gasteiger partial charge in [-0.3, -0.25) is 0 Å². The molecule has 0 radical (unpaired) electrons. The third-order valence-electron chi connectivity index (χ3n) is 3.67. The predicted molar refractivity (Wildman–Crippen MR) is 61.7 cm³/mol. The SMILES string of the molecule is CC1CC(C)(C)CC1(O)c1ccc(C(=O)O)o1. The molecule has 1 aromatic heterocycles. The molecule has 1 fully saturated rings. The summed E-state index contributed by atoms with van der Waals surface area (Å²) < 4.78 is 5.25. The van der Waals surface area contributed by atoms with E-state index in [1.165, 1.54) is 6.07 Å². The standard InChI is InChI=1S/C13H18O4/c1-8-6-12(2,3)7-13(8,16)10-5-4-9(17-10)11(14)15/h4-5,8,16H,6-7H2,1-3H3,(H,14,15). The second kappa shape index (κ2) is 3.60. The molecule has 2 N–H and O–H groups in total. The van der Waals surface area contributed by atoms with E-state index in [2.05, 4.69) is 13.8 Å². The van der Waals surface area contributed by atoms with E-state index in [1.807, 2.05) is 6.92 Å². The third kappa shape index (κ3) is 1.97. The van der Waals surface area contributed by atoms with Gasteiger partial charge in [0.1, 0.15) is 11.4 Å². The van der Waals surface area contributed by atoms with Crippen molar-refractivity contribution in [1.29, 1.82) is 0 Å². The van der Waals surface area contributed by atoms with Crippen molar-refractivity contribution in [2.24, 2.45) is 11.3 Å². The molecule has 4 nitrogen and oxygen atoms in total. The topological polar surface area (TPSA) is 70.7 Å². The summed E-state index contributed by atoms with van der Waals surface area (Å²) in [5.41, 5.74) is -0.998. The molecule has 0 bridgehead atoms. The molecule has 2 rings (SSSR count). The average Bonchev–Trinajstić information content (AvgIpc) is 2.70. The Morgan fingerprint density at radius 2 is 2.12 bits per heavy atom. The Kier molecular flexibility index (Phi) is 2.58. The number of aromatic carboxylic acids is 1. The summed E-state index contributed by atoms with van der Waals surface area (Å²) in [4.78, 5) is 10.8. The van der Waals surface area contributed by atoms with Crippen molar-refractivity contribution in [2.75, 3.05) is 0 Å². The second-order valence-corrected chi connectivity index (χ2v) is 5.84. The van der Waals surface area contributed by atoms with Crippen molar-refractivity contribution >= 4 is 5.97 Å². The maximum atomic E-state index is 10.8. The molecular weight excluding hydrogens is 220 g/mol. The van der Waals surface area contributed by atoms with E-state index in [4.69, 9.17) is 9.52 Å². The van der Waals surface area contributed by atoms with Crippen LogP contribution in [-0.4, -0.2) is 16.2 Å². The van der Waals surface area contributed by atoms with Crippen LogP contribution in [0.4, 0.5) is 0 Å². The number of rotatable bonds is 2. The number of furan rings is 1. The van der Waals surface area contributed by atoms with Gasteiger partial charge in [-0.05, 0) is 36.3 Å². The largest absolute Gasteiger partial charge is 0.475 e. The third-order valence-corrected chi connectivity index (χ3v) is 3.67. The smallest absolute Gasteiger partial charge is 0.371 e. The van der Waals surface area contributed by atoms with E-state index >= 15 is 0 Å². The van der Waals surface area contributed by atoms with Crippen LogP contribution in [0.15, 0.2) is 16.5 Å². The van der Waals surface area contributed by atoms with Crippen LogP contribution in [0.3, 0.4) is 0 Å². The zero-order chi connectivity index (χ0) is 12.8. The molecule has 1 aromatic rings. The van der Waals surface area contributed by atoms with E-state index in [9.17, 15) is 9.90 Å². The summed E-state index contributed by atoms with van der Waals surface area (Å²) in [6, 6.07) is 2.97. The number of hydrogen-bond donors (Lipinski definition) is 2. The van der Waals surface area contributed by atoms with Gasteiger partial charge in [0.15, 0.2) is 0 Å². The van der Waals surface area contributed by atoms with Gasteiger partial charge in [0, 0.05) is 0 Å². The summed E-state index contributed by atoms with van der Waals surface area (Å²) >= 11 is 0. The lowest BCUT2D eigenvalue weighted by atomic mass is 9.87. The first-order valence-electron chi connectivity index (χ1n) is 5.81. The molecule has 0 aliphatic heterocycles. The van der Waals surface area contributed by atoms with Crippen LogP contribution in [0, 0.1) is 11.3 Å². The van der Waals surface area contributed by atoms with Crippen LogP contribution in [-0.2, 0) is 5.60 Å². The first-order valence-corrected chi connectivity index (χ1v) is 5.81. The minimum atomic E-state index is -1.11. The monoisotopic (exact) mass is 238 g/mol. The van der Waals surface area contributed by atoms with Crippen molar-refractivity contribution in [3.8, 4) is 0 Å². The minimum Gasteiger partial charge on any atom is -0.475 e. The fourth-order valence-corrected chi connectivity index (χ4v) is 2.99. The zero-order valence-electron chi connectivity index (χ0n) is 10.4. The van der Waals surface area contributed by atoms with Crippen molar-refractivity contribution in [2.45, 2.75) is 39.2 Å². The highest BCUT2D eigenvalue weighted by Gasteiger charge is 2.50. The number of carbonyl (C=O) groups is 1. The molecule has 94 valence electrons. The Labute approximate surface area is 100 Å². The summed E-state index contributed by atoms with van der Waals surface area (Å²) in [6.45, 7) is 6.17. The van der Waals surface area contributed by atoms with Gasteiger partial charge >= 0.3 is 5.97 Å². The zero-order valence-corrected chi connectivity index (χ0v) is 10.4. The predicted octanol–water partition coefficient (Wildman–Crippen LogP) is 2.62. The lowest BCUT2D eigenvalue weighted by Gasteiger charge is -2.26. The van der Waals surface area contributed by atoms with Gasteiger partial charge < -0.3 is 14.6 Å². The van der Waals surface area contributed by atoms with E-state index in [-0.39, 0.29) is 17.1 Å². The summed E-state index contributed by atoms with van der Waals surface area (Å²) in [7, 11) is 0. The van der Waals surface area contributed by atoms with Gasteiger partial charge in [-0.2, -0.15) is 0 Å². The number of carboxylic acids is 1. The van der Waals surface area contributed by atoms with Gasteiger partial charge in [-0.1, -0.05) is 20.8 Å². The first kappa shape index (κ1) is 12.2. The van der Waals surface area contributed by atoms with Crippen molar-refractivity contribution in [1.82, 2.24) is 0 Å². The highest BCUT2D eigenvalue weighted by molar-refractivity contribution is 5.84. The molecule has 0 saturated heterocycles. The summed E-state index contributed by atoms with van der Waals surface area (Å²) in [5.74, 6) is -0.798. The van der Waals surface area contributed by atoms with Crippen LogP contribution in [0.2, 0.25) is 0 Å². The number of carboxylic acid groups (broad SMARTS) is 1. The van der Waals surface area contributed by atoms with Crippen molar-refractivity contribution in [3.63, 3.8) is 0 Å². The molecule has 2 unspecified atom stereocenters. The highest BCUT2D eigenvalue weighted by atomic mass is 16.4. The Morgan fingerprint density at radius 1 is 1.47 bits per heavy atom. The molecule has 17 heavy (non-hydrogen) atoms. The Morgan fingerprint density at radius 3 is 2.53 bits per heavy atom. The Balaban J connectivity index is 2.35. The quantitative estimate of drug-likeness (QED) is 0.830. The molecule has 1 saturated carbocycles. The molecule has 1 aliphatic rings. The molecule has 2 atom stereocenters. The van der Waals surface area contributed by atoms with Crippen LogP contribution in [0.25, 0.3) is 0 Å². The normalized spacial score (nSPS) is 31.6. The fourth-order valence-electron chi connectivity index (χ4n) is 2.99. The number of hydrogen-bond acceptors (Lipinski definition) is 3. The summed E-state index contributed by atoms with van der Waals surface area (Å²) in [6.07, 6.45) is 1.49. The van der Waals surface area contributed by atoms with Crippen molar-refractivity contribution < 1.29 is 19.4 Å². The van der Waals surface area contributed by atoms with Crippen LogP contribution < -0.4 is 0 Å². The lowest BCUT2D eigenvalue weighted by Crippen LogP contribution is -2.28. The van der Waals surface area contributed by atoms with Crippen molar-refractivity contribution in [3.05, 3.63) is 23.7 Å². The lowest BCUT2D eigenvalue weighted by molar-refractivity contribution is -0.0215. The van der Waals surface area contributed by atoms with Gasteiger partial charge in [0.25, 0.3) is 0 Å². The molecule has 0 spiro atoms. The minimum absolute atomic E-state index is 0.0460. The molecule has 0 aromatic carbocycles. The van der Waals surface area contributed by atoms with Crippen LogP contribution in [0.1, 0.15) is 49.9 Å². The van der Waals surface area contributed by atoms with Crippen LogP contribution in [0.5, 0.6) is 0 Å². The van der Waals surface area contributed by atoms with E-state index in [0.29, 0.717) is 12.2 Å². The molecule has 0 amide bonds. The molecular formula is C13H18O4. The van der Waals surface area contributed by atoms with Crippen LogP contribution >= 0.6 is 0 Å². The van der Waals surface area contributed by atoms with Gasteiger partial charge in [-0.15, -0.1) is 0 Å². The van der Waals surface area contributed by atoms with Gasteiger partial charge in [-0.25, -0.2) is 4.79 Å².